The van der Waals surface area contributed by atoms with Gasteiger partial charge < -0.3 is 19.8 Å². The van der Waals surface area contributed by atoms with E-state index in [1.165, 1.54) is 0 Å². The fourth-order valence-corrected chi connectivity index (χ4v) is 3.63. The molecule has 7 nitrogen and oxygen atoms in total. The fraction of sp³-hybridized carbons (Fsp3) is 0.250. The van der Waals surface area contributed by atoms with Crippen molar-refractivity contribution in [3.05, 3.63) is 95.4 Å². The molecule has 4 rings (SSSR count). The molecule has 35 heavy (non-hydrogen) atoms. The van der Waals surface area contributed by atoms with Crippen molar-refractivity contribution in [2.24, 2.45) is 5.92 Å². The normalized spacial score (nSPS) is 11.7. The summed E-state index contributed by atoms with van der Waals surface area (Å²) in [4.78, 5) is 29.3. The van der Waals surface area contributed by atoms with Gasteiger partial charge in [-0.3, -0.25) is 9.59 Å². The van der Waals surface area contributed by atoms with Crippen molar-refractivity contribution in [2.45, 2.75) is 40.3 Å². The minimum Gasteiger partial charge on any atom is -0.487 e. The number of benzene rings is 2. The van der Waals surface area contributed by atoms with Crippen molar-refractivity contribution in [3.63, 3.8) is 0 Å². The van der Waals surface area contributed by atoms with Gasteiger partial charge in [0.15, 0.2) is 0 Å². The number of pyridine rings is 1. The van der Waals surface area contributed by atoms with Crippen molar-refractivity contribution in [1.82, 2.24) is 14.7 Å². The highest BCUT2D eigenvalue weighted by molar-refractivity contribution is 5.94. The number of carbonyl (C=O) groups excluding carboxylic acids is 2. The summed E-state index contributed by atoms with van der Waals surface area (Å²) in [6.07, 6.45) is 4.70. The van der Waals surface area contributed by atoms with Crippen LogP contribution in [-0.4, -0.2) is 21.2 Å². The van der Waals surface area contributed by atoms with E-state index in [-0.39, 0.29) is 17.7 Å². The molecule has 0 spiro atoms. The fourth-order valence-electron chi connectivity index (χ4n) is 3.63. The zero-order chi connectivity index (χ0) is 24.8. The highest BCUT2D eigenvalue weighted by Crippen LogP contribution is 2.17. The van der Waals surface area contributed by atoms with Gasteiger partial charge in [-0.2, -0.15) is 0 Å². The zero-order valence-corrected chi connectivity index (χ0v) is 20.2. The summed E-state index contributed by atoms with van der Waals surface area (Å²) in [5.41, 5.74) is 5.04. The van der Waals surface area contributed by atoms with E-state index in [1.807, 2.05) is 74.0 Å². The molecular weight excluding hydrogens is 440 g/mol. The third-order valence-electron chi connectivity index (χ3n) is 5.94. The Balaban J connectivity index is 1.30. The first-order valence-electron chi connectivity index (χ1n) is 11.8. The first kappa shape index (κ1) is 24.0. The van der Waals surface area contributed by atoms with Gasteiger partial charge in [0, 0.05) is 36.1 Å². The van der Waals surface area contributed by atoms with Crippen LogP contribution in [0.2, 0.25) is 0 Å². The topological polar surface area (TPSA) is 84.7 Å². The van der Waals surface area contributed by atoms with Crippen molar-refractivity contribution in [1.29, 1.82) is 0 Å². The minimum atomic E-state index is -0.179. The van der Waals surface area contributed by atoms with E-state index in [4.69, 9.17) is 4.74 Å². The lowest BCUT2D eigenvalue weighted by molar-refractivity contribution is -0.119. The van der Waals surface area contributed by atoms with E-state index >= 15 is 0 Å². The molecule has 0 bridgehead atoms. The van der Waals surface area contributed by atoms with Crippen LogP contribution < -0.4 is 15.4 Å². The van der Waals surface area contributed by atoms with E-state index in [9.17, 15) is 9.59 Å². The largest absolute Gasteiger partial charge is 0.487 e. The van der Waals surface area contributed by atoms with E-state index < -0.39 is 0 Å². The number of nitrogens with one attached hydrogen (secondary N) is 2. The van der Waals surface area contributed by atoms with Gasteiger partial charge in [0.2, 0.25) is 5.91 Å². The van der Waals surface area contributed by atoms with Crippen LogP contribution in [0.5, 0.6) is 5.75 Å². The van der Waals surface area contributed by atoms with Crippen molar-refractivity contribution in [3.8, 4) is 5.75 Å². The first-order chi connectivity index (χ1) is 16.9. The first-order valence-corrected chi connectivity index (χ1v) is 11.8. The van der Waals surface area contributed by atoms with E-state index in [0.717, 1.165) is 34.6 Å². The van der Waals surface area contributed by atoms with Gasteiger partial charge in [0.05, 0.1) is 5.69 Å². The molecule has 1 atom stereocenters. The number of carbonyl (C=O) groups is 2. The monoisotopic (exact) mass is 470 g/mol. The Morgan fingerprint density at radius 2 is 1.89 bits per heavy atom. The molecule has 0 aliphatic rings. The van der Waals surface area contributed by atoms with E-state index in [0.29, 0.717) is 24.5 Å². The number of nitrogens with zero attached hydrogens (tertiary/aromatic N) is 2. The van der Waals surface area contributed by atoms with Crippen LogP contribution in [0, 0.1) is 12.8 Å². The number of ether oxygens (including phenoxy) is 1. The van der Waals surface area contributed by atoms with Crippen LogP contribution in [0.15, 0.2) is 73.1 Å². The smallest absolute Gasteiger partial charge is 0.251 e. The highest BCUT2D eigenvalue weighted by Gasteiger charge is 2.11. The van der Waals surface area contributed by atoms with Crippen LogP contribution in [0.4, 0.5) is 5.69 Å². The summed E-state index contributed by atoms with van der Waals surface area (Å²) in [6, 6.07) is 18.5. The van der Waals surface area contributed by atoms with Crippen LogP contribution in [0.3, 0.4) is 0 Å². The maximum absolute atomic E-state index is 12.6. The molecule has 0 saturated carbocycles. The second-order valence-corrected chi connectivity index (χ2v) is 8.65. The Labute approximate surface area is 205 Å². The van der Waals surface area contributed by atoms with Gasteiger partial charge in [-0.05, 0) is 66.9 Å². The third-order valence-corrected chi connectivity index (χ3v) is 5.94. The van der Waals surface area contributed by atoms with Crippen LogP contribution in [0.25, 0.3) is 5.65 Å². The highest BCUT2D eigenvalue weighted by atomic mass is 16.5. The molecule has 7 heteroatoms. The molecule has 2 aromatic heterocycles. The van der Waals surface area contributed by atoms with E-state index in [2.05, 4.69) is 15.6 Å². The number of fused-ring (bicyclic) bond motifs is 1. The number of rotatable bonds is 9. The number of hydrogen-bond acceptors (Lipinski definition) is 4. The summed E-state index contributed by atoms with van der Waals surface area (Å²) in [7, 11) is 0. The Morgan fingerprint density at radius 3 is 2.63 bits per heavy atom. The Kier molecular flexibility index (Phi) is 7.45. The number of aromatic nitrogens is 2. The van der Waals surface area contributed by atoms with Crippen molar-refractivity contribution in [2.75, 3.05) is 5.32 Å². The van der Waals surface area contributed by atoms with Gasteiger partial charge in [-0.15, -0.1) is 0 Å². The predicted molar refractivity (Wildman–Crippen MR) is 136 cm³/mol. The summed E-state index contributed by atoms with van der Waals surface area (Å²) < 4.78 is 7.84. The zero-order valence-electron chi connectivity index (χ0n) is 20.2. The molecule has 2 amide bonds. The van der Waals surface area contributed by atoms with Gasteiger partial charge in [0.1, 0.15) is 18.0 Å². The summed E-state index contributed by atoms with van der Waals surface area (Å²) in [6.45, 7) is 6.61. The molecule has 0 radical (unpaired) electrons. The van der Waals surface area contributed by atoms with Crippen molar-refractivity contribution >= 4 is 23.1 Å². The third kappa shape index (κ3) is 6.06. The standard InChI is InChI=1S/C28H30N4O3/c1-4-19(2)27(33)31-23-9-5-8-21(15-23)16-29-28(34)22-10-12-25(13-11-22)35-18-24-17-32-14-6-7-20(3)26(32)30-24/h5-15,17,19H,4,16,18H2,1-3H3,(H,29,34)(H,31,33). The van der Waals surface area contributed by atoms with Crippen LogP contribution >= 0.6 is 0 Å². The average molecular weight is 471 g/mol. The van der Waals surface area contributed by atoms with Gasteiger partial charge >= 0.3 is 0 Å². The second kappa shape index (κ2) is 10.9. The molecule has 180 valence electrons. The molecule has 0 saturated heterocycles. The Morgan fingerprint density at radius 1 is 1.09 bits per heavy atom. The average Bonchev–Trinajstić information content (AvgIpc) is 3.30. The predicted octanol–water partition coefficient (Wildman–Crippen LogP) is 5.14. The maximum atomic E-state index is 12.6. The Bertz CT molecular complexity index is 1330. The number of imidazole rings is 1. The lowest BCUT2D eigenvalue weighted by atomic mass is 10.1. The van der Waals surface area contributed by atoms with Crippen LogP contribution in [0.1, 0.15) is 47.4 Å². The van der Waals surface area contributed by atoms with Gasteiger partial charge in [-0.1, -0.05) is 32.0 Å². The molecule has 2 N–H and O–H groups in total. The second-order valence-electron chi connectivity index (χ2n) is 8.65. The molecular formula is C28H30N4O3. The van der Waals surface area contributed by atoms with E-state index in [1.54, 1.807) is 24.3 Å². The molecule has 0 aliphatic heterocycles. The summed E-state index contributed by atoms with van der Waals surface area (Å²) in [5, 5.41) is 5.84. The maximum Gasteiger partial charge on any atom is 0.251 e. The molecule has 1 unspecified atom stereocenters. The number of aryl methyl sites for hydroxylation is 1. The van der Waals surface area contributed by atoms with Crippen LogP contribution in [-0.2, 0) is 17.9 Å². The number of amides is 2. The van der Waals surface area contributed by atoms with Gasteiger partial charge in [0.25, 0.3) is 5.91 Å². The molecule has 2 aromatic carbocycles. The molecule has 4 aromatic rings. The van der Waals surface area contributed by atoms with Gasteiger partial charge in [-0.25, -0.2) is 4.98 Å². The van der Waals surface area contributed by atoms with Crippen molar-refractivity contribution < 1.29 is 14.3 Å². The molecule has 0 aliphatic carbocycles. The lowest BCUT2D eigenvalue weighted by Gasteiger charge is -2.11. The SMILES string of the molecule is CCC(C)C(=O)Nc1cccc(CNC(=O)c2ccc(OCc3cn4cccc(C)c4n3)cc2)c1. The number of hydrogen-bond donors (Lipinski definition) is 2. The number of anilines is 1. The lowest BCUT2D eigenvalue weighted by Crippen LogP contribution is -2.23. The molecule has 0 fully saturated rings. The molecule has 2 heterocycles. The summed E-state index contributed by atoms with van der Waals surface area (Å²) in [5.74, 6) is 0.433. The summed E-state index contributed by atoms with van der Waals surface area (Å²) >= 11 is 0. The quantitative estimate of drug-likeness (QED) is 0.355. The Hall–Kier alpha value is -4.13. The minimum absolute atomic E-state index is 0.00714.